The zero-order chi connectivity index (χ0) is 24.1. The van der Waals surface area contributed by atoms with Gasteiger partial charge in [-0.05, 0) is 92.5 Å². The number of amides is 2. The van der Waals surface area contributed by atoms with Crippen LogP contribution in [0.4, 0.5) is 4.79 Å². The maximum absolute atomic E-state index is 12.1. The number of hydrogen-bond acceptors (Lipinski definition) is 4. The first-order chi connectivity index (χ1) is 15.7. The molecule has 3 rings (SSSR count). The van der Waals surface area contributed by atoms with Crippen LogP contribution in [-0.4, -0.2) is 49.0 Å². The molecule has 1 saturated heterocycles. The minimum absolute atomic E-state index is 0.0863. The molecule has 176 valence electrons. The lowest BCUT2D eigenvalue weighted by Gasteiger charge is -2.35. The molecule has 6 nitrogen and oxygen atoms in total. The van der Waals surface area contributed by atoms with Crippen LogP contribution in [0.15, 0.2) is 60.1 Å². The second-order valence-electron chi connectivity index (χ2n) is 8.85. The molecule has 0 unspecified atom stereocenters. The number of carbonyl (C=O) groups excluding carboxylic acids is 2. The molecule has 1 fully saturated rings. The molecule has 1 aromatic carbocycles. The fraction of sp³-hybridized carbons (Fsp3) is 0.407. The van der Waals surface area contributed by atoms with E-state index in [1.54, 1.807) is 11.9 Å². The van der Waals surface area contributed by atoms with Crippen LogP contribution < -0.4 is 5.32 Å². The van der Waals surface area contributed by atoms with Gasteiger partial charge in [0.1, 0.15) is 0 Å². The molecule has 1 N–H and O–H groups in total. The molecule has 6 heteroatoms. The SMILES string of the molecule is C=C1C=C(C)C=CN1/C(CC1CCN(C(=O)OC)CC1)=C(\C)c1ccc(C(=O)NC)cc1C. The Morgan fingerprint density at radius 3 is 2.48 bits per heavy atom. The van der Waals surface area contributed by atoms with Crippen LogP contribution in [0.5, 0.6) is 0 Å². The van der Waals surface area contributed by atoms with E-state index in [-0.39, 0.29) is 12.0 Å². The maximum Gasteiger partial charge on any atom is 0.409 e. The molecule has 2 aliphatic rings. The number of nitrogens with zero attached hydrogens (tertiary/aromatic N) is 2. The van der Waals surface area contributed by atoms with Crippen molar-refractivity contribution >= 4 is 17.6 Å². The van der Waals surface area contributed by atoms with E-state index in [9.17, 15) is 9.59 Å². The molecule has 0 saturated carbocycles. The highest BCUT2D eigenvalue weighted by Gasteiger charge is 2.27. The molecule has 2 aliphatic heterocycles. The topological polar surface area (TPSA) is 61.9 Å². The second-order valence-corrected chi connectivity index (χ2v) is 8.85. The molecule has 0 aliphatic carbocycles. The lowest BCUT2D eigenvalue weighted by Crippen LogP contribution is -2.38. The third-order valence-electron chi connectivity index (χ3n) is 6.56. The summed E-state index contributed by atoms with van der Waals surface area (Å²) in [6, 6.07) is 5.85. The second kappa shape index (κ2) is 10.6. The van der Waals surface area contributed by atoms with Gasteiger partial charge >= 0.3 is 6.09 Å². The van der Waals surface area contributed by atoms with Gasteiger partial charge in [0.15, 0.2) is 0 Å². The van der Waals surface area contributed by atoms with Gasteiger partial charge in [0.25, 0.3) is 5.91 Å². The summed E-state index contributed by atoms with van der Waals surface area (Å²) in [6.45, 7) is 12.0. The van der Waals surface area contributed by atoms with E-state index in [1.807, 2.05) is 25.1 Å². The Morgan fingerprint density at radius 2 is 1.91 bits per heavy atom. The van der Waals surface area contributed by atoms with Crippen molar-refractivity contribution in [1.29, 1.82) is 0 Å². The zero-order valence-electron chi connectivity index (χ0n) is 20.4. The first-order valence-corrected chi connectivity index (χ1v) is 11.5. The van der Waals surface area contributed by atoms with Crippen LogP contribution >= 0.6 is 0 Å². The summed E-state index contributed by atoms with van der Waals surface area (Å²) in [4.78, 5) is 27.9. The van der Waals surface area contributed by atoms with Crippen LogP contribution in [0.1, 0.15) is 54.6 Å². The molecule has 0 bridgehead atoms. The highest BCUT2D eigenvalue weighted by molar-refractivity contribution is 5.94. The molecule has 0 spiro atoms. The smallest absolute Gasteiger partial charge is 0.409 e. The highest BCUT2D eigenvalue weighted by Crippen LogP contribution is 2.35. The third kappa shape index (κ3) is 5.56. The van der Waals surface area contributed by atoms with Gasteiger partial charge in [-0.2, -0.15) is 0 Å². The Bertz CT molecular complexity index is 1030. The van der Waals surface area contributed by atoms with E-state index in [0.717, 1.165) is 36.1 Å². The Kier molecular flexibility index (Phi) is 7.79. The van der Waals surface area contributed by atoms with E-state index >= 15 is 0 Å². The molecule has 0 aromatic heterocycles. The lowest BCUT2D eigenvalue weighted by atomic mass is 9.88. The summed E-state index contributed by atoms with van der Waals surface area (Å²) in [5.74, 6) is 0.367. The molecule has 33 heavy (non-hydrogen) atoms. The first-order valence-electron chi connectivity index (χ1n) is 11.5. The summed E-state index contributed by atoms with van der Waals surface area (Å²) in [6.07, 6.45) is 8.78. The normalized spacial score (nSPS) is 17.5. The largest absolute Gasteiger partial charge is 0.453 e. The van der Waals surface area contributed by atoms with Crippen molar-refractivity contribution in [2.24, 2.45) is 5.92 Å². The minimum Gasteiger partial charge on any atom is -0.453 e. The van der Waals surface area contributed by atoms with Gasteiger partial charge in [-0.15, -0.1) is 0 Å². The quantitative estimate of drug-likeness (QED) is 0.667. The van der Waals surface area contributed by atoms with E-state index in [1.165, 1.54) is 24.0 Å². The standard InChI is InChI=1S/C27H35N3O3/c1-18-9-14-30(20(3)15-18)25(17-22-10-12-29(13-11-22)27(32)33-6)21(4)24-8-7-23(16-19(24)2)26(31)28-5/h7-9,14-16,22H,3,10-13,17H2,1-2,4-6H3,(H,28,31)/b25-21+. The van der Waals surface area contributed by atoms with Crippen LogP contribution in [0, 0.1) is 12.8 Å². The van der Waals surface area contributed by atoms with Crippen molar-refractivity contribution in [2.45, 2.75) is 40.0 Å². The van der Waals surface area contributed by atoms with Crippen LogP contribution in [0.2, 0.25) is 0 Å². The lowest BCUT2D eigenvalue weighted by molar-refractivity contribution is 0.0962. The Balaban J connectivity index is 1.93. The number of nitrogens with one attached hydrogen (secondary N) is 1. The number of piperidine rings is 1. The number of hydrogen-bond donors (Lipinski definition) is 1. The monoisotopic (exact) mass is 449 g/mol. The predicted molar refractivity (Wildman–Crippen MR) is 132 cm³/mol. The van der Waals surface area contributed by atoms with Crippen LogP contribution in [0.3, 0.4) is 0 Å². The average molecular weight is 450 g/mol. The summed E-state index contributed by atoms with van der Waals surface area (Å²) in [5, 5.41) is 2.69. The van der Waals surface area contributed by atoms with Crippen molar-refractivity contribution in [3.05, 3.63) is 76.8 Å². The molecule has 1 aromatic rings. The summed E-state index contributed by atoms with van der Waals surface area (Å²) >= 11 is 0. The number of ether oxygens (including phenoxy) is 1. The van der Waals surface area contributed by atoms with Crippen molar-refractivity contribution in [2.75, 3.05) is 27.2 Å². The van der Waals surface area contributed by atoms with E-state index < -0.39 is 0 Å². The fourth-order valence-corrected chi connectivity index (χ4v) is 4.61. The van der Waals surface area contributed by atoms with Gasteiger partial charge in [-0.25, -0.2) is 4.79 Å². The van der Waals surface area contributed by atoms with Crippen molar-refractivity contribution in [1.82, 2.24) is 15.1 Å². The van der Waals surface area contributed by atoms with Gasteiger partial charge in [-0.1, -0.05) is 12.6 Å². The molecular weight excluding hydrogens is 414 g/mol. The van der Waals surface area contributed by atoms with Crippen molar-refractivity contribution < 1.29 is 14.3 Å². The first kappa shape index (κ1) is 24.4. The average Bonchev–Trinajstić information content (AvgIpc) is 2.81. The van der Waals surface area contributed by atoms with Gasteiger partial charge in [-0.3, -0.25) is 4.79 Å². The molecule has 0 radical (unpaired) electrons. The molecule has 2 amide bonds. The minimum atomic E-state index is -0.250. The number of carbonyl (C=O) groups is 2. The molecular formula is C27H35N3O3. The Morgan fingerprint density at radius 1 is 1.21 bits per heavy atom. The van der Waals surface area contributed by atoms with E-state index in [4.69, 9.17) is 4.74 Å². The predicted octanol–water partition coefficient (Wildman–Crippen LogP) is 5.24. The van der Waals surface area contributed by atoms with E-state index in [2.05, 4.69) is 49.0 Å². The Labute approximate surface area is 197 Å². The van der Waals surface area contributed by atoms with E-state index in [0.29, 0.717) is 24.6 Å². The third-order valence-corrected chi connectivity index (χ3v) is 6.56. The maximum atomic E-state index is 12.1. The van der Waals surface area contributed by atoms with Gasteiger partial charge in [0, 0.05) is 43.3 Å². The summed E-state index contributed by atoms with van der Waals surface area (Å²) in [7, 11) is 3.07. The van der Waals surface area contributed by atoms with Crippen molar-refractivity contribution in [3.63, 3.8) is 0 Å². The number of likely N-dealkylation sites (tertiary alicyclic amines) is 1. The Hall–Kier alpha value is -3.28. The summed E-state index contributed by atoms with van der Waals surface area (Å²) in [5.41, 5.74) is 7.32. The number of rotatable bonds is 5. The fourth-order valence-electron chi connectivity index (χ4n) is 4.61. The number of allylic oxidation sites excluding steroid dienone is 5. The molecule has 2 heterocycles. The number of benzene rings is 1. The highest BCUT2D eigenvalue weighted by atomic mass is 16.5. The van der Waals surface area contributed by atoms with Crippen molar-refractivity contribution in [3.8, 4) is 0 Å². The zero-order valence-corrected chi connectivity index (χ0v) is 20.4. The molecule has 0 atom stereocenters. The van der Waals surface area contributed by atoms with Gasteiger partial charge in [0.05, 0.1) is 7.11 Å². The number of methoxy groups -OCH3 is 1. The van der Waals surface area contributed by atoms with Gasteiger partial charge in [0.2, 0.25) is 0 Å². The van der Waals surface area contributed by atoms with Gasteiger partial charge < -0.3 is 19.9 Å². The summed E-state index contributed by atoms with van der Waals surface area (Å²) < 4.78 is 4.88. The van der Waals surface area contributed by atoms with Crippen LogP contribution in [-0.2, 0) is 4.74 Å². The van der Waals surface area contributed by atoms with Crippen LogP contribution in [0.25, 0.3) is 5.57 Å². The number of aryl methyl sites for hydroxylation is 1.